The highest BCUT2D eigenvalue weighted by Gasteiger charge is 2.31. The lowest BCUT2D eigenvalue weighted by Crippen LogP contribution is -2.39. The summed E-state index contributed by atoms with van der Waals surface area (Å²) >= 11 is 18.4. The van der Waals surface area contributed by atoms with Gasteiger partial charge in [0.2, 0.25) is 10.0 Å². The van der Waals surface area contributed by atoms with E-state index in [0.717, 1.165) is 0 Å². The Hall–Kier alpha value is -1.03. The molecule has 0 aliphatic heterocycles. The summed E-state index contributed by atoms with van der Waals surface area (Å²) in [6.45, 7) is 6.07. The lowest BCUT2D eigenvalue weighted by molar-refractivity contribution is 0.442. The van der Waals surface area contributed by atoms with Gasteiger partial charge in [-0.1, -0.05) is 48.7 Å². The molecule has 11 heteroatoms. The maximum Gasteiger partial charge on any atom is 0.264 e. The van der Waals surface area contributed by atoms with Gasteiger partial charge in [-0.15, -0.1) is 0 Å². The highest BCUT2D eigenvalue weighted by molar-refractivity contribution is 7.93. The quantitative estimate of drug-likeness (QED) is 0.367. The zero-order chi connectivity index (χ0) is 24.1. The smallest absolute Gasteiger partial charge is 0.262 e. The van der Waals surface area contributed by atoms with Crippen LogP contribution in [0.25, 0.3) is 0 Å². The Morgan fingerprint density at radius 1 is 0.875 bits per heavy atom. The summed E-state index contributed by atoms with van der Waals surface area (Å²) in [5.74, 6) is -0.0723. The number of halogens is 3. The summed E-state index contributed by atoms with van der Waals surface area (Å²) in [5.41, 5.74) is 0.230. The fourth-order valence-corrected chi connectivity index (χ4v) is 7.23. The van der Waals surface area contributed by atoms with Crippen LogP contribution in [0.15, 0.2) is 47.4 Å². The second kappa shape index (κ2) is 11.4. The lowest BCUT2D eigenvalue weighted by atomic mass is 10.2. The molecule has 178 valence electrons. The lowest BCUT2D eigenvalue weighted by Gasteiger charge is -2.31. The van der Waals surface area contributed by atoms with Crippen LogP contribution in [0.3, 0.4) is 0 Å². The van der Waals surface area contributed by atoms with Gasteiger partial charge >= 0.3 is 0 Å². The molecule has 0 radical (unpaired) electrons. The van der Waals surface area contributed by atoms with Crippen molar-refractivity contribution in [3.05, 3.63) is 57.5 Å². The zero-order valence-electron chi connectivity index (χ0n) is 18.1. The van der Waals surface area contributed by atoms with Crippen molar-refractivity contribution in [3.8, 4) is 0 Å². The van der Waals surface area contributed by atoms with Crippen LogP contribution < -0.4 is 4.31 Å². The summed E-state index contributed by atoms with van der Waals surface area (Å²) < 4.78 is 54.7. The van der Waals surface area contributed by atoms with E-state index < -0.39 is 26.1 Å². The molecule has 0 aliphatic rings. The molecule has 0 heterocycles. The number of hydrogen-bond donors (Lipinski definition) is 0. The van der Waals surface area contributed by atoms with E-state index in [1.165, 1.54) is 45.0 Å². The second-order valence-electron chi connectivity index (χ2n) is 7.24. The van der Waals surface area contributed by atoms with Crippen molar-refractivity contribution in [2.45, 2.75) is 44.6 Å². The van der Waals surface area contributed by atoms with E-state index in [0.29, 0.717) is 29.6 Å². The van der Waals surface area contributed by atoms with Crippen LogP contribution >= 0.6 is 34.8 Å². The van der Waals surface area contributed by atoms with E-state index in [-0.39, 0.29) is 27.8 Å². The average Bonchev–Trinajstić information content (AvgIpc) is 2.71. The first-order valence-corrected chi connectivity index (χ1v) is 14.3. The van der Waals surface area contributed by atoms with E-state index in [2.05, 4.69) is 0 Å². The minimum Gasteiger partial charge on any atom is -0.262 e. The van der Waals surface area contributed by atoms with Gasteiger partial charge in [-0.3, -0.25) is 4.31 Å². The topological polar surface area (TPSA) is 74.8 Å². The van der Waals surface area contributed by atoms with E-state index in [4.69, 9.17) is 34.8 Å². The van der Waals surface area contributed by atoms with E-state index >= 15 is 0 Å². The molecule has 1 unspecified atom stereocenters. The molecule has 2 aromatic rings. The van der Waals surface area contributed by atoms with E-state index in [1.807, 2.05) is 0 Å². The van der Waals surface area contributed by atoms with Gasteiger partial charge in [-0.05, 0) is 62.2 Å². The molecule has 2 rings (SSSR count). The highest BCUT2D eigenvalue weighted by Crippen LogP contribution is 2.35. The van der Waals surface area contributed by atoms with Crippen LogP contribution in [-0.4, -0.2) is 46.0 Å². The molecular formula is C21H27Cl3N2O4S2. The van der Waals surface area contributed by atoms with Crippen molar-refractivity contribution in [2.24, 2.45) is 0 Å². The SMILES string of the molecule is CCN(CC)S(=O)(=O)CCCC(C)N(c1cc(Cl)ccc1Cl)S(=O)(=O)c1ccc(Cl)cc1. The molecule has 0 amide bonds. The number of sulfonamides is 2. The van der Waals surface area contributed by atoms with Gasteiger partial charge in [0.25, 0.3) is 10.0 Å². The minimum absolute atomic E-state index is 0.0422. The van der Waals surface area contributed by atoms with Crippen LogP contribution in [0.4, 0.5) is 5.69 Å². The largest absolute Gasteiger partial charge is 0.264 e. The Balaban J connectivity index is 2.39. The van der Waals surface area contributed by atoms with Gasteiger partial charge < -0.3 is 0 Å². The Labute approximate surface area is 206 Å². The molecule has 32 heavy (non-hydrogen) atoms. The number of rotatable bonds is 11. The molecule has 0 bridgehead atoms. The molecular weight excluding hydrogens is 515 g/mol. The van der Waals surface area contributed by atoms with Crippen molar-refractivity contribution < 1.29 is 16.8 Å². The molecule has 0 saturated carbocycles. The molecule has 0 saturated heterocycles. The fraction of sp³-hybridized carbons (Fsp3) is 0.429. The molecule has 0 N–H and O–H groups in total. The number of nitrogens with zero attached hydrogens (tertiary/aromatic N) is 2. The third-order valence-electron chi connectivity index (χ3n) is 5.04. The fourth-order valence-electron chi connectivity index (χ4n) is 3.40. The van der Waals surface area contributed by atoms with Gasteiger partial charge in [0, 0.05) is 29.2 Å². The van der Waals surface area contributed by atoms with Crippen LogP contribution in [-0.2, 0) is 20.0 Å². The Morgan fingerprint density at radius 3 is 2.00 bits per heavy atom. The first-order chi connectivity index (χ1) is 14.9. The summed E-state index contributed by atoms with van der Waals surface area (Å²) in [7, 11) is -7.44. The monoisotopic (exact) mass is 540 g/mol. The Bertz CT molecular complexity index is 1120. The maximum atomic E-state index is 13.6. The van der Waals surface area contributed by atoms with Crippen LogP contribution in [0.1, 0.15) is 33.6 Å². The first kappa shape index (κ1) is 27.2. The van der Waals surface area contributed by atoms with Crippen molar-refractivity contribution in [1.29, 1.82) is 0 Å². The van der Waals surface area contributed by atoms with Gasteiger partial charge in [-0.2, -0.15) is 0 Å². The number of hydrogen-bond acceptors (Lipinski definition) is 4. The third-order valence-corrected chi connectivity index (χ3v) is 9.90. The summed E-state index contributed by atoms with van der Waals surface area (Å²) in [6.07, 6.45) is 0.584. The van der Waals surface area contributed by atoms with Gasteiger partial charge in [0.15, 0.2) is 0 Å². The summed E-state index contributed by atoms with van der Waals surface area (Å²) in [6, 6.07) is 9.82. The van der Waals surface area contributed by atoms with Gasteiger partial charge in [0.05, 0.1) is 21.4 Å². The van der Waals surface area contributed by atoms with Gasteiger partial charge in [0.1, 0.15) is 0 Å². The third kappa shape index (κ3) is 6.52. The van der Waals surface area contributed by atoms with Crippen LogP contribution in [0, 0.1) is 0 Å². The van der Waals surface area contributed by atoms with Crippen LogP contribution in [0.5, 0.6) is 0 Å². The Kier molecular flexibility index (Phi) is 9.70. The first-order valence-electron chi connectivity index (χ1n) is 10.2. The van der Waals surface area contributed by atoms with Crippen molar-refractivity contribution in [1.82, 2.24) is 4.31 Å². The summed E-state index contributed by atoms with van der Waals surface area (Å²) in [5, 5.41) is 0.956. The molecule has 0 spiro atoms. The zero-order valence-corrected chi connectivity index (χ0v) is 22.0. The number of anilines is 1. The predicted octanol–water partition coefficient (Wildman–Crippen LogP) is 5.68. The van der Waals surface area contributed by atoms with Gasteiger partial charge in [-0.25, -0.2) is 21.1 Å². The normalized spacial score (nSPS) is 13.3. The average molecular weight is 542 g/mol. The molecule has 0 aliphatic carbocycles. The highest BCUT2D eigenvalue weighted by atomic mass is 35.5. The maximum absolute atomic E-state index is 13.6. The molecule has 6 nitrogen and oxygen atoms in total. The van der Waals surface area contributed by atoms with E-state index in [9.17, 15) is 16.8 Å². The predicted molar refractivity (Wildman–Crippen MR) is 133 cm³/mol. The molecule has 1 atom stereocenters. The van der Waals surface area contributed by atoms with Crippen LogP contribution in [0.2, 0.25) is 15.1 Å². The van der Waals surface area contributed by atoms with E-state index in [1.54, 1.807) is 26.8 Å². The Morgan fingerprint density at radius 2 is 1.44 bits per heavy atom. The standard InChI is InChI=1S/C21H27Cl3N2O4S2/c1-4-25(5-2)31(27,28)14-6-7-16(3)26(21-15-18(23)10-13-20(21)24)32(29,30)19-11-8-17(22)9-12-19/h8-13,15-16H,4-7,14H2,1-3H3. The second-order valence-corrected chi connectivity index (χ2v) is 12.4. The molecule has 0 fully saturated rings. The van der Waals surface area contributed by atoms with Crippen molar-refractivity contribution in [2.75, 3.05) is 23.1 Å². The number of benzene rings is 2. The molecule has 0 aromatic heterocycles. The van der Waals surface area contributed by atoms with Crippen molar-refractivity contribution >= 4 is 60.5 Å². The minimum atomic E-state index is -4.03. The summed E-state index contributed by atoms with van der Waals surface area (Å²) in [4.78, 5) is 0.0422. The van der Waals surface area contributed by atoms with Crippen molar-refractivity contribution in [3.63, 3.8) is 0 Å². The molecule has 2 aromatic carbocycles.